The van der Waals surface area contributed by atoms with E-state index in [0.717, 1.165) is 32.1 Å². The summed E-state index contributed by atoms with van der Waals surface area (Å²) in [5.41, 5.74) is 0. The summed E-state index contributed by atoms with van der Waals surface area (Å²) in [7, 11) is 0. The Bertz CT molecular complexity index is 261. The lowest BCUT2D eigenvalue weighted by atomic mass is 10.1. The Morgan fingerprint density at radius 2 is 1.33 bits per heavy atom. The number of aliphatic hydroxyl groups is 1. The van der Waals surface area contributed by atoms with E-state index in [9.17, 15) is 4.79 Å². The van der Waals surface area contributed by atoms with Gasteiger partial charge in [-0.1, -0.05) is 70.4 Å². The molecule has 2 N–H and O–H groups in total. The van der Waals surface area contributed by atoms with Crippen LogP contribution in [0.3, 0.4) is 0 Å². The van der Waals surface area contributed by atoms with Crippen molar-refractivity contribution in [3.05, 3.63) is 12.2 Å². The van der Waals surface area contributed by atoms with E-state index >= 15 is 0 Å². The van der Waals surface area contributed by atoms with Gasteiger partial charge in [0.25, 0.3) is 0 Å². The van der Waals surface area contributed by atoms with Crippen molar-refractivity contribution in [3.8, 4) is 0 Å². The molecule has 0 aliphatic heterocycles. The number of carboxylic acids is 1. The van der Waals surface area contributed by atoms with Crippen LogP contribution in [0, 0.1) is 0 Å². The maximum Gasteiger partial charge on any atom is 0.332 e. The fraction of sp³-hybridized carbons (Fsp3) is 0.833. The van der Waals surface area contributed by atoms with Crippen LogP contribution in [0.5, 0.6) is 0 Å². The summed E-state index contributed by atoms with van der Waals surface area (Å²) in [6.45, 7) is 2.25. The average Bonchev–Trinajstić information content (AvgIpc) is 2.47. The number of aliphatic hydroxyl groups excluding tert-OH is 1. The molecular formula is C18H34O3. The van der Waals surface area contributed by atoms with E-state index in [-0.39, 0.29) is 0 Å². The Labute approximate surface area is 130 Å². The van der Waals surface area contributed by atoms with E-state index in [0.29, 0.717) is 6.42 Å². The van der Waals surface area contributed by atoms with Crippen molar-refractivity contribution >= 4 is 5.97 Å². The number of allylic oxidation sites excluding steroid dienone is 2. The summed E-state index contributed by atoms with van der Waals surface area (Å²) in [6.07, 6.45) is 18.3. The van der Waals surface area contributed by atoms with Crippen LogP contribution in [-0.2, 0) is 4.79 Å². The molecule has 0 rings (SSSR count). The van der Waals surface area contributed by atoms with Crippen molar-refractivity contribution in [2.45, 2.75) is 96.5 Å². The lowest BCUT2D eigenvalue weighted by molar-refractivity contribution is -0.146. The zero-order valence-electron chi connectivity index (χ0n) is 13.7. The predicted molar refractivity (Wildman–Crippen MR) is 88.5 cm³/mol. The molecule has 0 aromatic carbocycles. The molecule has 0 radical (unpaired) electrons. The molecule has 124 valence electrons. The summed E-state index contributed by atoms with van der Waals surface area (Å²) < 4.78 is 0. The Morgan fingerprint density at radius 3 is 1.86 bits per heavy atom. The van der Waals surface area contributed by atoms with Gasteiger partial charge in [-0.25, -0.2) is 4.79 Å². The monoisotopic (exact) mass is 298 g/mol. The molecule has 0 fully saturated rings. The van der Waals surface area contributed by atoms with Crippen LogP contribution >= 0.6 is 0 Å². The lowest BCUT2D eigenvalue weighted by Gasteiger charge is -2.04. The van der Waals surface area contributed by atoms with Gasteiger partial charge in [0.05, 0.1) is 0 Å². The zero-order valence-corrected chi connectivity index (χ0v) is 13.7. The SMILES string of the molecule is CCCCCCCC/C=C/CCCCCC[C@@H](O)C(=O)O. The third-order valence-corrected chi connectivity index (χ3v) is 3.77. The van der Waals surface area contributed by atoms with Gasteiger partial charge in [0.1, 0.15) is 0 Å². The first kappa shape index (κ1) is 20.2. The van der Waals surface area contributed by atoms with Gasteiger partial charge < -0.3 is 10.2 Å². The van der Waals surface area contributed by atoms with Gasteiger partial charge in [0.15, 0.2) is 6.10 Å². The summed E-state index contributed by atoms with van der Waals surface area (Å²) in [6, 6.07) is 0. The third-order valence-electron chi connectivity index (χ3n) is 3.77. The predicted octanol–water partition coefficient (Wildman–Crippen LogP) is 5.08. The molecular weight excluding hydrogens is 264 g/mol. The second-order valence-corrected chi connectivity index (χ2v) is 5.87. The minimum absolute atomic E-state index is 0.378. The largest absolute Gasteiger partial charge is 0.479 e. The molecule has 0 bridgehead atoms. The number of carbonyl (C=O) groups is 1. The summed E-state index contributed by atoms with van der Waals surface area (Å²) in [5, 5.41) is 17.6. The second-order valence-electron chi connectivity index (χ2n) is 5.87. The number of hydrogen-bond acceptors (Lipinski definition) is 2. The van der Waals surface area contributed by atoms with Gasteiger partial charge in [0, 0.05) is 0 Å². The second kappa shape index (κ2) is 15.6. The van der Waals surface area contributed by atoms with E-state index in [1.165, 1.54) is 44.9 Å². The topological polar surface area (TPSA) is 57.5 Å². The van der Waals surface area contributed by atoms with Crippen LogP contribution in [0.15, 0.2) is 12.2 Å². The molecule has 0 aromatic heterocycles. The van der Waals surface area contributed by atoms with E-state index in [2.05, 4.69) is 19.1 Å². The average molecular weight is 298 g/mol. The molecule has 0 amide bonds. The zero-order chi connectivity index (χ0) is 15.8. The third kappa shape index (κ3) is 15.4. The Morgan fingerprint density at radius 1 is 0.857 bits per heavy atom. The summed E-state index contributed by atoms with van der Waals surface area (Å²) >= 11 is 0. The molecule has 0 unspecified atom stereocenters. The van der Waals surface area contributed by atoms with Crippen molar-refractivity contribution in [1.29, 1.82) is 0 Å². The van der Waals surface area contributed by atoms with Crippen molar-refractivity contribution in [2.75, 3.05) is 0 Å². The van der Waals surface area contributed by atoms with Gasteiger partial charge in [-0.05, 0) is 32.1 Å². The fourth-order valence-corrected chi connectivity index (χ4v) is 2.36. The van der Waals surface area contributed by atoms with Gasteiger partial charge in [-0.3, -0.25) is 0 Å². The Kier molecular flexibility index (Phi) is 14.9. The first-order valence-electron chi connectivity index (χ1n) is 8.74. The molecule has 21 heavy (non-hydrogen) atoms. The molecule has 0 saturated heterocycles. The normalized spacial score (nSPS) is 12.9. The summed E-state index contributed by atoms with van der Waals surface area (Å²) in [5.74, 6) is -1.10. The Balaban J connectivity index is 3.17. The maximum absolute atomic E-state index is 10.4. The molecule has 0 aliphatic rings. The van der Waals surface area contributed by atoms with Crippen LogP contribution in [0.1, 0.15) is 90.4 Å². The molecule has 0 heterocycles. The highest BCUT2D eigenvalue weighted by molar-refractivity contribution is 5.71. The highest BCUT2D eigenvalue weighted by Crippen LogP contribution is 2.10. The van der Waals surface area contributed by atoms with E-state index < -0.39 is 12.1 Å². The van der Waals surface area contributed by atoms with Gasteiger partial charge in [-0.2, -0.15) is 0 Å². The van der Waals surface area contributed by atoms with Gasteiger partial charge in [-0.15, -0.1) is 0 Å². The number of carboxylic acid groups (broad SMARTS) is 1. The van der Waals surface area contributed by atoms with Crippen LogP contribution in [0.4, 0.5) is 0 Å². The van der Waals surface area contributed by atoms with E-state index in [4.69, 9.17) is 10.2 Å². The standard InChI is InChI=1S/C18H34O3/c1-2-3-4-5-6-7-8-9-10-11-12-13-14-15-16-17(19)18(20)21/h9-10,17,19H,2-8,11-16H2,1H3,(H,20,21)/b10-9+/t17-/m1/s1. The minimum atomic E-state index is -1.18. The molecule has 0 aromatic rings. The molecule has 0 saturated carbocycles. The highest BCUT2D eigenvalue weighted by atomic mass is 16.4. The molecule has 1 atom stereocenters. The van der Waals surface area contributed by atoms with Crippen LogP contribution in [0.2, 0.25) is 0 Å². The lowest BCUT2D eigenvalue weighted by Crippen LogP contribution is -2.18. The highest BCUT2D eigenvalue weighted by Gasteiger charge is 2.11. The smallest absolute Gasteiger partial charge is 0.332 e. The quantitative estimate of drug-likeness (QED) is 0.327. The minimum Gasteiger partial charge on any atom is -0.479 e. The van der Waals surface area contributed by atoms with Crippen molar-refractivity contribution in [3.63, 3.8) is 0 Å². The number of rotatable bonds is 15. The number of unbranched alkanes of at least 4 members (excludes halogenated alkanes) is 10. The van der Waals surface area contributed by atoms with Crippen LogP contribution in [-0.4, -0.2) is 22.3 Å². The van der Waals surface area contributed by atoms with E-state index in [1.54, 1.807) is 0 Å². The van der Waals surface area contributed by atoms with E-state index in [1.807, 2.05) is 0 Å². The van der Waals surface area contributed by atoms with Crippen molar-refractivity contribution < 1.29 is 15.0 Å². The number of aliphatic carboxylic acids is 1. The Hall–Kier alpha value is -0.830. The first-order valence-corrected chi connectivity index (χ1v) is 8.74. The molecule has 0 spiro atoms. The fourth-order valence-electron chi connectivity index (χ4n) is 2.36. The van der Waals surface area contributed by atoms with Crippen molar-refractivity contribution in [1.82, 2.24) is 0 Å². The van der Waals surface area contributed by atoms with Gasteiger partial charge in [0.2, 0.25) is 0 Å². The maximum atomic E-state index is 10.4. The summed E-state index contributed by atoms with van der Waals surface area (Å²) in [4.78, 5) is 10.4. The number of hydrogen-bond donors (Lipinski definition) is 2. The first-order chi connectivity index (χ1) is 10.2. The van der Waals surface area contributed by atoms with Gasteiger partial charge >= 0.3 is 5.97 Å². The molecule has 0 aliphatic carbocycles. The van der Waals surface area contributed by atoms with Crippen molar-refractivity contribution in [2.24, 2.45) is 0 Å². The van der Waals surface area contributed by atoms with Crippen LogP contribution in [0.25, 0.3) is 0 Å². The molecule has 3 nitrogen and oxygen atoms in total. The molecule has 3 heteroatoms. The van der Waals surface area contributed by atoms with Crippen LogP contribution < -0.4 is 0 Å².